The summed E-state index contributed by atoms with van der Waals surface area (Å²) in [6.45, 7) is 3.41. The lowest BCUT2D eigenvalue weighted by Crippen LogP contribution is -2.70. The zero-order chi connectivity index (χ0) is 11.6. The van der Waals surface area contributed by atoms with Gasteiger partial charge in [-0.1, -0.05) is 0 Å². The van der Waals surface area contributed by atoms with Gasteiger partial charge in [0.1, 0.15) is 0 Å². The molecule has 1 amide bonds. The maximum Gasteiger partial charge on any atom is 0.305 e. The van der Waals surface area contributed by atoms with E-state index >= 15 is 0 Å². The second-order valence-electron chi connectivity index (χ2n) is 4.49. The van der Waals surface area contributed by atoms with Crippen molar-refractivity contribution in [2.45, 2.75) is 18.4 Å². The van der Waals surface area contributed by atoms with E-state index in [1.54, 1.807) is 0 Å². The maximum absolute atomic E-state index is 11.2. The summed E-state index contributed by atoms with van der Waals surface area (Å²) < 4.78 is 0. The fourth-order valence-electron chi connectivity index (χ4n) is 2.40. The third kappa shape index (κ3) is 2.17. The number of rotatable bonds is 3. The van der Waals surface area contributed by atoms with Gasteiger partial charge in [0.15, 0.2) is 0 Å². The number of carboxylic acids is 1. The highest BCUT2D eigenvalue weighted by molar-refractivity contribution is 5.76. The summed E-state index contributed by atoms with van der Waals surface area (Å²) in [4.78, 5) is 24.2. The number of carboxylic acid groups (broad SMARTS) is 1. The zero-order valence-corrected chi connectivity index (χ0v) is 9.16. The van der Waals surface area contributed by atoms with Gasteiger partial charge in [-0.25, -0.2) is 0 Å². The molecule has 2 fully saturated rings. The maximum atomic E-state index is 11.2. The molecule has 0 aliphatic carbocycles. The van der Waals surface area contributed by atoms with Gasteiger partial charge in [0.2, 0.25) is 5.91 Å². The van der Waals surface area contributed by atoms with Crippen LogP contribution in [0.3, 0.4) is 0 Å². The second kappa shape index (κ2) is 4.39. The van der Waals surface area contributed by atoms with E-state index in [1.807, 2.05) is 0 Å². The minimum Gasteiger partial charge on any atom is -0.481 e. The Bertz CT molecular complexity index is 302. The molecule has 2 aliphatic rings. The van der Waals surface area contributed by atoms with Crippen LogP contribution < -0.4 is 10.6 Å². The lowest BCUT2D eigenvalue weighted by Gasteiger charge is -2.49. The summed E-state index contributed by atoms with van der Waals surface area (Å²) in [5.74, 6) is -0.717. The van der Waals surface area contributed by atoms with Crippen molar-refractivity contribution >= 4 is 11.9 Å². The molecule has 0 aromatic rings. The molecular formula is C10H17N3O3. The van der Waals surface area contributed by atoms with E-state index in [0.29, 0.717) is 32.6 Å². The van der Waals surface area contributed by atoms with Crippen molar-refractivity contribution in [1.82, 2.24) is 15.5 Å². The van der Waals surface area contributed by atoms with Crippen molar-refractivity contribution in [3.05, 3.63) is 0 Å². The van der Waals surface area contributed by atoms with E-state index < -0.39 is 5.97 Å². The van der Waals surface area contributed by atoms with E-state index in [2.05, 4.69) is 15.5 Å². The molecule has 90 valence electrons. The number of hydrogen-bond acceptors (Lipinski definition) is 4. The molecule has 2 aliphatic heterocycles. The largest absolute Gasteiger partial charge is 0.481 e. The predicted octanol–water partition coefficient (Wildman–Crippen LogP) is -1.37. The first-order valence-electron chi connectivity index (χ1n) is 5.57. The zero-order valence-electron chi connectivity index (χ0n) is 9.16. The Morgan fingerprint density at radius 3 is 2.75 bits per heavy atom. The number of carbonyl (C=O) groups excluding carboxylic acids is 1. The Morgan fingerprint density at radius 1 is 1.44 bits per heavy atom. The fraction of sp³-hybridized carbons (Fsp3) is 0.800. The summed E-state index contributed by atoms with van der Waals surface area (Å²) in [6, 6.07) is 0. The van der Waals surface area contributed by atoms with Gasteiger partial charge in [0.05, 0.1) is 12.0 Å². The van der Waals surface area contributed by atoms with Crippen LogP contribution in [0.5, 0.6) is 0 Å². The smallest absolute Gasteiger partial charge is 0.305 e. The molecule has 0 aromatic carbocycles. The molecule has 0 aromatic heterocycles. The summed E-state index contributed by atoms with van der Waals surface area (Å²) in [5, 5.41) is 14.9. The summed E-state index contributed by atoms with van der Waals surface area (Å²) in [6.07, 6.45) is 0.607. The lowest BCUT2D eigenvalue weighted by atomic mass is 9.86. The highest BCUT2D eigenvalue weighted by atomic mass is 16.4. The first-order chi connectivity index (χ1) is 7.62. The van der Waals surface area contributed by atoms with Gasteiger partial charge >= 0.3 is 5.97 Å². The number of carbonyl (C=O) groups is 2. The van der Waals surface area contributed by atoms with E-state index in [-0.39, 0.29) is 17.9 Å². The SMILES string of the molecule is O=C(O)CC1(N2CCNC(=O)CC2)CNC1. The molecule has 0 unspecified atom stereocenters. The average molecular weight is 227 g/mol. The monoisotopic (exact) mass is 227 g/mol. The van der Waals surface area contributed by atoms with Gasteiger partial charge in [0.25, 0.3) is 0 Å². The molecule has 0 atom stereocenters. The van der Waals surface area contributed by atoms with Gasteiger partial charge < -0.3 is 15.7 Å². The Kier molecular flexibility index (Phi) is 3.11. The minimum atomic E-state index is -0.773. The van der Waals surface area contributed by atoms with Crippen LogP contribution in [-0.4, -0.2) is 60.1 Å². The topological polar surface area (TPSA) is 81.7 Å². The summed E-state index contributed by atoms with van der Waals surface area (Å²) in [7, 11) is 0. The second-order valence-corrected chi connectivity index (χ2v) is 4.49. The van der Waals surface area contributed by atoms with Gasteiger partial charge in [-0.3, -0.25) is 14.5 Å². The highest BCUT2D eigenvalue weighted by Gasteiger charge is 2.44. The van der Waals surface area contributed by atoms with Crippen molar-refractivity contribution in [3.8, 4) is 0 Å². The number of nitrogens with zero attached hydrogens (tertiary/aromatic N) is 1. The number of nitrogens with one attached hydrogen (secondary N) is 2. The molecule has 0 saturated carbocycles. The van der Waals surface area contributed by atoms with Gasteiger partial charge in [-0.15, -0.1) is 0 Å². The van der Waals surface area contributed by atoms with Gasteiger partial charge in [-0.05, 0) is 0 Å². The molecule has 2 rings (SSSR count). The molecule has 0 radical (unpaired) electrons. The Hall–Kier alpha value is -1.14. The van der Waals surface area contributed by atoms with Crippen LogP contribution in [0.1, 0.15) is 12.8 Å². The molecule has 2 saturated heterocycles. The fourth-order valence-corrected chi connectivity index (χ4v) is 2.40. The van der Waals surface area contributed by atoms with Crippen LogP contribution in [0, 0.1) is 0 Å². The number of amides is 1. The van der Waals surface area contributed by atoms with Crippen LogP contribution in [0.4, 0.5) is 0 Å². The third-order valence-corrected chi connectivity index (χ3v) is 3.37. The third-order valence-electron chi connectivity index (χ3n) is 3.37. The molecule has 2 heterocycles. The van der Waals surface area contributed by atoms with Crippen molar-refractivity contribution in [2.24, 2.45) is 0 Å². The van der Waals surface area contributed by atoms with Crippen LogP contribution in [0.15, 0.2) is 0 Å². The van der Waals surface area contributed by atoms with Gasteiger partial charge in [0, 0.05) is 39.1 Å². The number of aliphatic carboxylic acids is 1. The van der Waals surface area contributed by atoms with E-state index in [0.717, 1.165) is 6.54 Å². The predicted molar refractivity (Wildman–Crippen MR) is 57.1 cm³/mol. The average Bonchev–Trinajstić information content (AvgIpc) is 2.37. The summed E-state index contributed by atoms with van der Waals surface area (Å²) >= 11 is 0. The molecule has 6 nitrogen and oxygen atoms in total. The molecule has 0 bridgehead atoms. The Labute approximate surface area is 94.0 Å². The Morgan fingerprint density at radius 2 is 2.19 bits per heavy atom. The molecule has 6 heteroatoms. The van der Waals surface area contributed by atoms with Crippen molar-refractivity contribution < 1.29 is 14.7 Å². The van der Waals surface area contributed by atoms with Crippen LogP contribution in [0.2, 0.25) is 0 Å². The number of hydrogen-bond donors (Lipinski definition) is 3. The first-order valence-corrected chi connectivity index (χ1v) is 5.57. The highest BCUT2D eigenvalue weighted by Crippen LogP contribution is 2.25. The van der Waals surface area contributed by atoms with Crippen LogP contribution in [-0.2, 0) is 9.59 Å². The first kappa shape index (κ1) is 11.3. The quantitative estimate of drug-likeness (QED) is 0.554. The minimum absolute atomic E-state index is 0.0558. The van der Waals surface area contributed by atoms with Crippen LogP contribution >= 0.6 is 0 Å². The van der Waals surface area contributed by atoms with E-state index in [1.165, 1.54) is 0 Å². The summed E-state index contributed by atoms with van der Waals surface area (Å²) in [5.41, 5.74) is -0.280. The van der Waals surface area contributed by atoms with E-state index in [4.69, 9.17) is 5.11 Å². The standard InChI is InChI=1S/C10H17N3O3/c14-8-1-3-13(4-2-12-8)10(5-9(15)16)6-11-7-10/h11H,1-7H2,(H,12,14)(H,15,16). The van der Waals surface area contributed by atoms with Crippen LogP contribution in [0.25, 0.3) is 0 Å². The van der Waals surface area contributed by atoms with Crippen molar-refractivity contribution in [3.63, 3.8) is 0 Å². The molecular weight excluding hydrogens is 210 g/mol. The van der Waals surface area contributed by atoms with Crippen molar-refractivity contribution in [1.29, 1.82) is 0 Å². The lowest BCUT2D eigenvalue weighted by molar-refractivity contribution is -0.141. The van der Waals surface area contributed by atoms with Gasteiger partial charge in [-0.2, -0.15) is 0 Å². The normalized spacial score (nSPS) is 25.4. The molecule has 16 heavy (non-hydrogen) atoms. The molecule has 3 N–H and O–H groups in total. The van der Waals surface area contributed by atoms with E-state index in [9.17, 15) is 9.59 Å². The Balaban J connectivity index is 2.02. The molecule has 0 spiro atoms. The van der Waals surface area contributed by atoms with Crippen molar-refractivity contribution in [2.75, 3.05) is 32.7 Å².